The van der Waals surface area contributed by atoms with Gasteiger partial charge in [0.25, 0.3) is 0 Å². The van der Waals surface area contributed by atoms with Gasteiger partial charge in [-0.25, -0.2) is 0 Å². The van der Waals surface area contributed by atoms with Gasteiger partial charge in [0.2, 0.25) is 11.8 Å². The quantitative estimate of drug-likeness (QED) is 0.551. The molecule has 2 aromatic carbocycles. The molecule has 9 heteroatoms. The van der Waals surface area contributed by atoms with Crippen molar-refractivity contribution in [2.45, 2.75) is 18.6 Å². The van der Waals surface area contributed by atoms with Gasteiger partial charge >= 0.3 is 0 Å². The number of hydrogen-bond acceptors (Lipinski definition) is 7. The Morgan fingerprint density at radius 1 is 1.10 bits per heavy atom. The maximum atomic E-state index is 12.2. The van der Waals surface area contributed by atoms with E-state index < -0.39 is 11.2 Å². The van der Waals surface area contributed by atoms with Crippen molar-refractivity contribution in [3.05, 3.63) is 65.7 Å². The van der Waals surface area contributed by atoms with E-state index in [4.69, 9.17) is 0 Å². The molecule has 2 aromatic rings. The van der Waals surface area contributed by atoms with Crippen molar-refractivity contribution in [3.8, 4) is 0 Å². The summed E-state index contributed by atoms with van der Waals surface area (Å²) in [5.41, 5.74) is 2.07. The minimum absolute atomic E-state index is 0.0147. The van der Waals surface area contributed by atoms with Crippen molar-refractivity contribution >= 4 is 46.1 Å². The van der Waals surface area contributed by atoms with Crippen LogP contribution in [0, 0.1) is 0 Å². The molecule has 1 heterocycles. The highest BCUT2D eigenvalue weighted by molar-refractivity contribution is 8.15. The first-order valence-corrected chi connectivity index (χ1v) is 9.57. The van der Waals surface area contributed by atoms with E-state index >= 15 is 0 Å². The first-order chi connectivity index (χ1) is 13.9. The lowest BCUT2D eigenvalue weighted by Gasteiger charge is -2.08. The van der Waals surface area contributed by atoms with E-state index in [-0.39, 0.29) is 23.8 Å². The highest BCUT2D eigenvalue weighted by atomic mass is 32.2. The number of carboxylic acids is 1. The topological polar surface area (TPSA) is 123 Å². The molecule has 1 aliphatic heterocycles. The first-order valence-electron chi connectivity index (χ1n) is 8.69. The molecule has 1 saturated heterocycles. The van der Waals surface area contributed by atoms with Crippen LogP contribution in [0.5, 0.6) is 0 Å². The number of carboxylic acid groups (broad SMARTS) is 1. The largest absolute Gasteiger partial charge is 0.545 e. The maximum Gasteiger partial charge on any atom is 0.240 e. The molecule has 2 amide bonds. The molecule has 0 spiro atoms. The van der Waals surface area contributed by atoms with Crippen LogP contribution in [0.15, 0.2) is 64.8 Å². The van der Waals surface area contributed by atoms with Gasteiger partial charge < -0.3 is 20.5 Å². The lowest BCUT2D eigenvalue weighted by atomic mass is 10.1. The molecule has 0 aliphatic carbocycles. The molecule has 0 aromatic heterocycles. The number of amidine groups is 1. The number of amides is 2. The fourth-order valence-electron chi connectivity index (χ4n) is 2.51. The Hall–Kier alpha value is -3.46. The Morgan fingerprint density at radius 3 is 2.45 bits per heavy atom. The number of carbonyl (C=O) groups excluding carboxylic acids is 3. The van der Waals surface area contributed by atoms with Gasteiger partial charge in [0.1, 0.15) is 5.25 Å². The molecule has 0 unspecified atom stereocenters. The highest BCUT2D eigenvalue weighted by Crippen LogP contribution is 2.23. The van der Waals surface area contributed by atoms with Crippen LogP contribution in [0.25, 0.3) is 0 Å². The van der Waals surface area contributed by atoms with E-state index in [2.05, 4.69) is 20.8 Å². The van der Waals surface area contributed by atoms with E-state index in [0.29, 0.717) is 16.6 Å². The molecule has 3 rings (SSSR count). The summed E-state index contributed by atoms with van der Waals surface area (Å²) in [6, 6.07) is 15.1. The maximum absolute atomic E-state index is 12.2. The first kappa shape index (κ1) is 20.3. The SMILES string of the molecule is C/C(=N/N=C1\NC(=O)[C@@H](CC(=O)Nc2ccc(C(=O)[O-])cc2)S1)c1ccccc1. The molecule has 0 radical (unpaired) electrons. The van der Waals surface area contributed by atoms with E-state index in [1.54, 1.807) is 0 Å². The predicted molar refractivity (Wildman–Crippen MR) is 110 cm³/mol. The van der Waals surface area contributed by atoms with Crippen molar-refractivity contribution in [2.75, 3.05) is 5.32 Å². The van der Waals surface area contributed by atoms with Gasteiger partial charge in [-0.1, -0.05) is 54.2 Å². The van der Waals surface area contributed by atoms with Crippen molar-refractivity contribution in [1.82, 2.24) is 5.32 Å². The Kier molecular flexibility index (Phi) is 6.40. The summed E-state index contributed by atoms with van der Waals surface area (Å²) in [6.45, 7) is 1.82. The molecular weight excluding hydrogens is 392 g/mol. The number of hydrogen-bond donors (Lipinski definition) is 2. The van der Waals surface area contributed by atoms with E-state index in [1.807, 2.05) is 37.3 Å². The molecule has 2 N–H and O–H groups in total. The molecule has 1 fully saturated rings. The van der Waals surface area contributed by atoms with Gasteiger partial charge in [-0.2, -0.15) is 5.10 Å². The molecular formula is C20H17N4O4S-. The van der Waals surface area contributed by atoms with E-state index in [1.165, 1.54) is 24.3 Å². The van der Waals surface area contributed by atoms with Crippen LogP contribution in [-0.2, 0) is 9.59 Å². The molecule has 148 valence electrons. The zero-order chi connectivity index (χ0) is 20.8. The van der Waals surface area contributed by atoms with Crippen LogP contribution in [0.2, 0.25) is 0 Å². The third-order valence-corrected chi connectivity index (χ3v) is 5.11. The molecule has 0 saturated carbocycles. The number of carbonyl (C=O) groups is 3. The fraction of sp³-hybridized carbons (Fsp3) is 0.150. The van der Waals surface area contributed by atoms with Crippen LogP contribution in [-0.4, -0.2) is 33.9 Å². The van der Waals surface area contributed by atoms with E-state index in [0.717, 1.165) is 17.3 Å². The highest BCUT2D eigenvalue weighted by Gasteiger charge is 2.32. The van der Waals surface area contributed by atoms with Crippen LogP contribution < -0.4 is 15.7 Å². The Morgan fingerprint density at radius 2 is 1.79 bits per heavy atom. The smallest absolute Gasteiger partial charge is 0.240 e. The van der Waals surface area contributed by atoms with Crippen molar-refractivity contribution in [2.24, 2.45) is 10.2 Å². The predicted octanol–water partition coefficient (Wildman–Crippen LogP) is 1.39. The van der Waals surface area contributed by atoms with Gasteiger partial charge in [-0.3, -0.25) is 9.59 Å². The summed E-state index contributed by atoms with van der Waals surface area (Å²) in [7, 11) is 0. The number of nitrogens with one attached hydrogen (secondary N) is 2. The summed E-state index contributed by atoms with van der Waals surface area (Å²) in [6.07, 6.45) is -0.0564. The van der Waals surface area contributed by atoms with Crippen molar-refractivity contribution < 1.29 is 19.5 Å². The van der Waals surface area contributed by atoms with Crippen molar-refractivity contribution in [3.63, 3.8) is 0 Å². The number of nitrogens with zero attached hydrogens (tertiary/aromatic N) is 2. The average Bonchev–Trinajstić information content (AvgIpc) is 3.06. The standard InChI is InChI=1S/C20H18N4O4S/c1-12(13-5-3-2-4-6-13)23-24-20-22-18(26)16(29-20)11-17(25)21-15-9-7-14(8-10-15)19(27)28/h2-10,16H,11H2,1H3,(H,21,25)(H,27,28)(H,22,24,26)/p-1/b23-12-/t16-/m1/s1. The average molecular weight is 409 g/mol. The molecule has 1 atom stereocenters. The second-order valence-corrected chi connectivity index (χ2v) is 7.36. The van der Waals surface area contributed by atoms with Gasteiger partial charge in [-0.15, -0.1) is 5.10 Å². The summed E-state index contributed by atoms with van der Waals surface area (Å²) in [5, 5.41) is 23.9. The third-order valence-electron chi connectivity index (χ3n) is 4.03. The number of rotatable bonds is 6. The summed E-state index contributed by atoms with van der Waals surface area (Å²) in [4.78, 5) is 35.0. The van der Waals surface area contributed by atoms with E-state index in [9.17, 15) is 19.5 Å². The Balaban J connectivity index is 1.57. The van der Waals surface area contributed by atoms with Gasteiger partial charge in [0.05, 0.1) is 11.7 Å². The minimum Gasteiger partial charge on any atom is -0.545 e. The monoisotopic (exact) mass is 409 g/mol. The number of aromatic carboxylic acids is 1. The molecule has 1 aliphatic rings. The van der Waals surface area contributed by atoms with Crippen LogP contribution in [0.3, 0.4) is 0 Å². The molecule has 8 nitrogen and oxygen atoms in total. The van der Waals surface area contributed by atoms with Crippen molar-refractivity contribution in [1.29, 1.82) is 0 Å². The number of thioether (sulfide) groups is 1. The second-order valence-electron chi connectivity index (χ2n) is 6.17. The molecule has 29 heavy (non-hydrogen) atoms. The third kappa shape index (κ3) is 5.52. The minimum atomic E-state index is -1.29. The van der Waals surface area contributed by atoms with Gasteiger partial charge in [-0.05, 0) is 30.2 Å². The fourth-order valence-corrected chi connectivity index (χ4v) is 3.43. The van der Waals surface area contributed by atoms with Crippen LogP contribution in [0.4, 0.5) is 5.69 Å². The normalized spacial score (nSPS) is 17.8. The lowest BCUT2D eigenvalue weighted by molar-refractivity contribution is -0.255. The summed E-state index contributed by atoms with van der Waals surface area (Å²) in [5.74, 6) is -1.98. The summed E-state index contributed by atoms with van der Waals surface area (Å²) >= 11 is 1.14. The van der Waals surface area contributed by atoms with Gasteiger partial charge in [0.15, 0.2) is 5.17 Å². The Bertz CT molecular complexity index is 987. The second kappa shape index (κ2) is 9.16. The van der Waals surface area contributed by atoms with Gasteiger partial charge in [0, 0.05) is 12.1 Å². The van der Waals surface area contributed by atoms with Crippen LogP contribution >= 0.6 is 11.8 Å². The Labute approximate surface area is 171 Å². The summed E-state index contributed by atoms with van der Waals surface area (Å²) < 4.78 is 0. The number of benzene rings is 2. The van der Waals surface area contributed by atoms with Crippen LogP contribution in [0.1, 0.15) is 29.3 Å². The number of anilines is 1. The lowest BCUT2D eigenvalue weighted by Crippen LogP contribution is -2.28. The molecule has 0 bridgehead atoms. The zero-order valence-electron chi connectivity index (χ0n) is 15.4. The zero-order valence-corrected chi connectivity index (χ0v) is 16.2.